The van der Waals surface area contributed by atoms with Gasteiger partial charge in [-0.15, -0.1) is 0 Å². The van der Waals surface area contributed by atoms with Crippen LogP contribution in [-0.2, 0) is 9.59 Å². The molecular formula is C28H40N6O5. The number of urea groups is 1. The Morgan fingerprint density at radius 3 is 2.23 bits per heavy atom. The SMILES string of the molecule is O=C(O)CC[C@@H](NC(=O)N1CCC(n2c(=O)[nH]c3ccccc32)CC1)C(=O)N1CCC(N2CCCCC2)CC1. The van der Waals surface area contributed by atoms with Gasteiger partial charge >= 0.3 is 17.7 Å². The molecule has 3 fully saturated rings. The second kappa shape index (κ2) is 12.2. The van der Waals surface area contributed by atoms with Gasteiger partial charge in [0.1, 0.15) is 6.04 Å². The van der Waals surface area contributed by atoms with Gasteiger partial charge < -0.3 is 30.1 Å². The van der Waals surface area contributed by atoms with Crippen LogP contribution < -0.4 is 11.0 Å². The van der Waals surface area contributed by atoms with Crippen molar-refractivity contribution in [1.82, 2.24) is 29.6 Å². The fraction of sp³-hybridized carbons (Fsp3) is 0.643. The molecule has 3 aliphatic heterocycles. The third-order valence-corrected chi connectivity index (χ3v) is 8.67. The molecule has 0 radical (unpaired) electrons. The number of carbonyl (C=O) groups excluding carboxylic acids is 2. The number of piperidine rings is 3. The number of H-pyrrole nitrogens is 1. The lowest BCUT2D eigenvalue weighted by molar-refractivity contribution is -0.138. The summed E-state index contributed by atoms with van der Waals surface area (Å²) in [5.74, 6) is -1.18. The normalized spacial score (nSPS) is 20.7. The molecule has 3 amide bonds. The number of aromatic amines is 1. The summed E-state index contributed by atoms with van der Waals surface area (Å²) in [6, 6.07) is 6.82. The fourth-order valence-corrected chi connectivity index (χ4v) is 6.48. The molecule has 3 saturated heterocycles. The highest BCUT2D eigenvalue weighted by molar-refractivity contribution is 5.87. The molecule has 0 saturated carbocycles. The Labute approximate surface area is 228 Å². The molecule has 0 aliphatic carbocycles. The number of imidazole rings is 1. The number of benzene rings is 1. The number of carboxylic acid groups (broad SMARTS) is 1. The lowest BCUT2D eigenvalue weighted by atomic mass is 9.99. The molecule has 1 atom stereocenters. The summed E-state index contributed by atoms with van der Waals surface area (Å²) in [4.78, 5) is 59.4. The molecule has 3 N–H and O–H groups in total. The number of amides is 3. The molecule has 39 heavy (non-hydrogen) atoms. The van der Waals surface area contributed by atoms with Crippen molar-refractivity contribution in [3.63, 3.8) is 0 Å². The number of nitrogens with zero attached hydrogens (tertiary/aromatic N) is 4. The average molecular weight is 541 g/mol. The van der Waals surface area contributed by atoms with Gasteiger partial charge in [0.15, 0.2) is 0 Å². The molecule has 3 aliphatic rings. The maximum Gasteiger partial charge on any atom is 0.326 e. The summed E-state index contributed by atoms with van der Waals surface area (Å²) in [6.45, 7) is 4.41. The van der Waals surface area contributed by atoms with Crippen molar-refractivity contribution in [3.05, 3.63) is 34.7 Å². The third-order valence-electron chi connectivity index (χ3n) is 8.67. The Morgan fingerprint density at radius 2 is 1.54 bits per heavy atom. The zero-order chi connectivity index (χ0) is 27.4. The molecule has 11 heteroatoms. The maximum atomic E-state index is 13.4. The lowest BCUT2D eigenvalue weighted by Gasteiger charge is -2.41. The minimum Gasteiger partial charge on any atom is -0.481 e. The standard InChI is InChI=1S/C28H40N6O5/c35-25(36)9-8-23(26(37)32-16-10-20(11-17-32)31-14-4-1-5-15-31)30-27(38)33-18-12-21(13-19-33)34-24-7-3-2-6-22(24)29-28(34)39/h2-3,6-7,20-21,23H,1,4-5,8-19H2,(H,29,39)(H,30,38)(H,35,36)/t23-/m1/s1. The summed E-state index contributed by atoms with van der Waals surface area (Å²) >= 11 is 0. The van der Waals surface area contributed by atoms with Crippen LogP contribution in [0.5, 0.6) is 0 Å². The van der Waals surface area contributed by atoms with Gasteiger partial charge in [0.2, 0.25) is 5.91 Å². The number of para-hydroxylation sites is 2. The van der Waals surface area contributed by atoms with Gasteiger partial charge in [0.25, 0.3) is 0 Å². The van der Waals surface area contributed by atoms with Crippen molar-refractivity contribution in [2.24, 2.45) is 0 Å². The third kappa shape index (κ3) is 6.29. The molecule has 0 spiro atoms. The van der Waals surface area contributed by atoms with Crippen molar-refractivity contribution in [2.45, 2.75) is 75.9 Å². The minimum atomic E-state index is -0.990. The highest BCUT2D eigenvalue weighted by atomic mass is 16.4. The molecule has 2 aromatic rings. The second-order valence-electron chi connectivity index (χ2n) is 11.1. The molecule has 0 unspecified atom stereocenters. The van der Waals surface area contributed by atoms with Gasteiger partial charge in [0.05, 0.1) is 11.0 Å². The molecule has 1 aromatic heterocycles. The number of aromatic nitrogens is 2. The number of fused-ring (bicyclic) bond motifs is 1. The van der Waals surface area contributed by atoms with Gasteiger partial charge in [-0.1, -0.05) is 18.6 Å². The van der Waals surface area contributed by atoms with E-state index in [1.807, 2.05) is 24.3 Å². The Hall–Kier alpha value is -3.34. The zero-order valence-corrected chi connectivity index (χ0v) is 22.5. The van der Waals surface area contributed by atoms with E-state index in [4.69, 9.17) is 0 Å². The summed E-state index contributed by atoms with van der Waals surface area (Å²) in [6.07, 6.45) is 6.69. The fourth-order valence-electron chi connectivity index (χ4n) is 6.48. The minimum absolute atomic E-state index is 0.0247. The number of rotatable bonds is 7. The molecule has 1 aromatic carbocycles. The van der Waals surface area contributed by atoms with Gasteiger partial charge in [-0.25, -0.2) is 9.59 Å². The van der Waals surface area contributed by atoms with E-state index in [0.717, 1.165) is 37.0 Å². The highest BCUT2D eigenvalue weighted by Crippen LogP contribution is 2.25. The van der Waals surface area contributed by atoms with Gasteiger partial charge in [-0.05, 0) is 70.2 Å². The molecule has 11 nitrogen and oxygen atoms in total. The second-order valence-corrected chi connectivity index (χ2v) is 11.1. The van der Waals surface area contributed by atoms with Crippen molar-refractivity contribution >= 4 is 28.9 Å². The quantitative estimate of drug-likeness (QED) is 0.494. The van der Waals surface area contributed by atoms with E-state index in [9.17, 15) is 24.3 Å². The van der Waals surface area contributed by atoms with Crippen LogP contribution in [0.15, 0.2) is 29.1 Å². The number of carboxylic acids is 1. The summed E-state index contributed by atoms with van der Waals surface area (Å²) in [7, 11) is 0. The smallest absolute Gasteiger partial charge is 0.326 e. The van der Waals surface area contributed by atoms with Gasteiger partial charge in [-0.2, -0.15) is 0 Å². The topological polar surface area (TPSA) is 131 Å². The van der Waals surface area contributed by atoms with Crippen molar-refractivity contribution < 1.29 is 19.5 Å². The van der Waals surface area contributed by atoms with Gasteiger partial charge in [0, 0.05) is 44.7 Å². The van der Waals surface area contributed by atoms with Crippen LogP contribution in [0, 0.1) is 0 Å². The number of likely N-dealkylation sites (tertiary alicyclic amines) is 3. The number of carbonyl (C=O) groups is 3. The van der Waals surface area contributed by atoms with Crippen LogP contribution in [0.2, 0.25) is 0 Å². The average Bonchev–Trinajstić information content (AvgIpc) is 3.31. The number of hydrogen-bond donors (Lipinski definition) is 3. The number of nitrogens with one attached hydrogen (secondary N) is 2. The monoisotopic (exact) mass is 540 g/mol. The summed E-state index contributed by atoms with van der Waals surface area (Å²) in [5.41, 5.74) is 1.50. The number of aliphatic carboxylic acids is 1. The number of hydrogen-bond acceptors (Lipinski definition) is 5. The van der Waals surface area contributed by atoms with Crippen molar-refractivity contribution in [3.8, 4) is 0 Å². The summed E-state index contributed by atoms with van der Waals surface area (Å²) < 4.78 is 1.78. The highest BCUT2D eigenvalue weighted by Gasteiger charge is 2.33. The van der Waals surface area contributed by atoms with Gasteiger partial charge in [-0.3, -0.25) is 14.2 Å². The first-order valence-corrected chi connectivity index (χ1v) is 14.4. The molecular weight excluding hydrogens is 500 g/mol. The van der Waals surface area contributed by atoms with E-state index in [0.29, 0.717) is 45.1 Å². The van der Waals surface area contributed by atoms with Crippen LogP contribution >= 0.6 is 0 Å². The Morgan fingerprint density at radius 1 is 0.897 bits per heavy atom. The Balaban J connectivity index is 1.17. The van der Waals surface area contributed by atoms with E-state index < -0.39 is 12.0 Å². The van der Waals surface area contributed by atoms with Crippen LogP contribution in [0.1, 0.15) is 63.8 Å². The Kier molecular flexibility index (Phi) is 8.54. The van der Waals surface area contributed by atoms with Crippen molar-refractivity contribution in [1.29, 1.82) is 0 Å². The molecule has 4 heterocycles. The predicted octanol–water partition coefficient (Wildman–Crippen LogP) is 2.39. The van der Waals surface area contributed by atoms with E-state index in [1.54, 1.807) is 14.4 Å². The molecule has 5 rings (SSSR count). The van der Waals surface area contributed by atoms with Crippen LogP contribution in [0.4, 0.5) is 4.79 Å². The van der Waals surface area contributed by atoms with Crippen molar-refractivity contribution in [2.75, 3.05) is 39.3 Å². The first-order valence-electron chi connectivity index (χ1n) is 14.4. The van der Waals surface area contributed by atoms with E-state index >= 15 is 0 Å². The van der Waals surface area contributed by atoms with E-state index in [1.165, 1.54) is 19.3 Å². The van der Waals surface area contributed by atoms with E-state index in [2.05, 4.69) is 15.2 Å². The molecule has 0 bridgehead atoms. The van der Waals surface area contributed by atoms with Crippen LogP contribution in [0.25, 0.3) is 11.0 Å². The zero-order valence-electron chi connectivity index (χ0n) is 22.5. The molecule has 212 valence electrons. The Bertz CT molecular complexity index is 1220. The van der Waals surface area contributed by atoms with E-state index in [-0.39, 0.29) is 36.5 Å². The largest absolute Gasteiger partial charge is 0.481 e. The van der Waals surface area contributed by atoms with Crippen LogP contribution in [-0.4, -0.2) is 98.6 Å². The maximum absolute atomic E-state index is 13.4. The lowest BCUT2D eigenvalue weighted by Crippen LogP contribution is -2.56. The first kappa shape index (κ1) is 27.2. The summed E-state index contributed by atoms with van der Waals surface area (Å²) in [5, 5.41) is 12.1. The first-order chi connectivity index (χ1) is 18.9. The van der Waals surface area contributed by atoms with Crippen LogP contribution in [0.3, 0.4) is 0 Å². The predicted molar refractivity (Wildman–Crippen MR) is 147 cm³/mol.